The average molecular weight is 250 g/mol. The van der Waals surface area contributed by atoms with Crippen molar-refractivity contribution >= 4 is 15.7 Å². The summed E-state index contributed by atoms with van der Waals surface area (Å²) >= 11 is 0. The lowest BCUT2D eigenvalue weighted by atomic mass is 10.4. The van der Waals surface area contributed by atoms with Crippen LogP contribution >= 0.6 is 0 Å². The van der Waals surface area contributed by atoms with Gasteiger partial charge in [0.15, 0.2) is 9.84 Å². The van der Waals surface area contributed by atoms with Gasteiger partial charge in [0.05, 0.1) is 12.3 Å². The van der Waals surface area contributed by atoms with Crippen LogP contribution in [0.15, 0.2) is 0 Å². The highest BCUT2D eigenvalue weighted by Gasteiger charge is 2.14. The number of rotatable bonds is 7. The Kier molecular flexibility index (Phi) is 6.59. The first-order valence-corrected chi connectivity index (χ1v) is 7.32. The Bertz CT molecular complexity index is 314. The van der Waals surface area contributed by atoms with Gasteiger partial charge in [0.2, 0.25) is 5.91 Å². The second-order valence-corrected chi connectivity index (χ2v) is 6.29. The molecule has 0 aliphatic heterocycles. The van der Waals surface area contributed by atoms with Crippen molar-refractivity contribution in [1.82, 2.24) is 10.2 Å². The van der Waals surface area contributed by atoms with Crippen LogP contribution in [0, 0.1) is 0 Å². The summed E-state index contributed by atoms with van der Waals surface area (Å²) < 4.78 is 22.6. The van der Waals surface area contributed by atoms with E-state index in [0.717, 1.165) is 0 Å². The molecule has 0 fully saturated rings. The first-order chi connectivity index (χ1) is 7.32. The molecule has 0 aliphatic carbocycles. The fourth-order valence-corrected chi connectivity index (χ4v) is 2.25. The van der Waals surface area contributed by atoms with Crippen LogP contribution < -0.4 is 5.32 Å². The maximum Gasteiger partial charge on any atom is 0.236 e. The Morgan fingerprint density at radius 1 is 1.38 bits per heavy atom. The van der Waals surface area contributed by atoms with Gasteiger partial charge in [-0.25, -0.2) is 8.42 Å². The van der Waals surface area contributed by atoms with Crippen LogP contribution in [0.1, 0.15) is 20.8 Å². The number of hydrogen-bond donors (Lipinski definition) is 1. The van der Waals surface area contributed by atoms with Crippen LogP contribution in [-0.4, -0.2) is 56.9 Å². The number of likely N-dealkylation sites (N-methyl/N-ethyl adjacent to an activating group) is 1. The molecule has 1 N–H and O–H groups in total. The van der Waals surface area contributed by atoms with Crippen molar-refractivity contribution in [2.24, 2.45) is 0 Å². The zero-order valence-corrected chi connectivity index (χ0v) is 11.3. The fraction of sp³-hybridized carbons (Fsp3) is 0.900. The van der Waals surface area contributed by atoms with E-state index in [1.165, 1.54) is 0 Å². The number of sulfone groups is 1. The maximum absolute atomic E-state index is 11.4. The number of hydrogen-bond acceptors (Lipinski definition) is 4. The lowest BCUT2D eigenvalue weighted by molar-refractivity contribution is -0.128. The standard InChI is InChI=1S/C10H22N2O3S/c1-5-12(4)10(13)7-11-9(3)8-16(14,15)6-2/h9,11H,5-8H2,1-4H3. The number of nitrogens with zero attached hydrogens (tertiary/aromatic N) is 1. The predicted molar refractivity (Wildman–Crippen MR) is 65.1 cm³/mol. The molecule has 0 heterocycles. The molecule has 0 rings (SSSR count). The van der Waals surface area contributed by atoms with Gasteiger partial charge < -0.3 is 10.2 Å². The molecular weight excluding hydrogens is 228 g/mol. The molecule has 1 amide bonds. The van der Waals surface area contributed by atoms with Gasteiger partial charge in [-0.1, -0.05) is 6.92 Å². The van der Waals surface area contributed by atoms with E-state index in [4.69, 9.17) is 0 Å². The van der Waals surface area contributed by atoms with Gasteiger partial charge in [-0.3, -0.25) is 4.79 Å². The van der Waals surface area contributed by atoms with Gasteiger partial charge in [0.1, 0.15) is 0 Å². The minimum Gasteiger partial charge on any atom is -0.345 e. The molecule has 0 spiro atoms. The minimum atomic E-state index is -2.98. The zero-order chi connectivity index (χ0) is 12.8. The van der Waals surface area contributed by atoms with Gasteiger partial charge in [0.25, 0.3) is 0 Å². The van der Waals surface area contributed by atoms with Crippen LogP contribution in [0.4, 0.5) is 0 Å². The summed E-state index contributed by atoms with van der Waals surface area (Å²) in [5.41, 5.74) is 0. The first-order valence-electron chi connectivity index (χ1n) is 5.50. The fourth-order valence-electron chi connectivity index (χ4n) is 1.13. The van der Waals surface area contributed by atoms with E-state index in [1.807, 2.05) is 6.92 Å². The molecule has 96 valence electrons. The molecule has 6 heteroatoms. The molecule has 0 aromatic rings. The minimum absolute atomic E-state index is 0.0248. The topological polar surface area (TPSA) is 66.5 Å². The van der Waals surface area contributed by atoms with E-state index >= 15 is 0 Å². The largest absolute Gasteiger partial charge is 0.345 e. The van der Waals surface area contributed by atoms with Crippen LogP contribution in [0.5, 0.6) is 0 Å². The first kappa shape index (κ1) is 15.4. The summed E-state index contributed by atoms with van der Waals surface area (Å²) in [6, 6.07) is -0.195. The van der Waals surface area contributed by atoms with Crippen molar-refractivity contribution in [3.63, 3.8) is 0 Å². The molecule has 0 saturated heterocycles. The number of nitrogens with one attached hydrogen (secondary N) is 1. The Morgan fingerprint density at radius 3 is 2.38 bits per heavy atom. The van der Waals surface area contributed by atoms with Crippen molar-refractivity contribution in [1.29, 1.82) is 0 Å². The quantitative estimate of drug-likeness (QED) is 0.684. The van der Waals surface area contributed by atoms with E-state index in [1.54, 1.807) is 25.8 Å². The summed E-state index contributed by atoms with van der Waals surface area (Å²) in [6.45, 7) is 6.13. The molecule has 0 bridgehead atoms. The van der Waals surface area contributed by atoms with Gasteiger partial charge in [-0.15, -0.1) is 0 Å². The van der Waals surface area contributed by atoms with Crippen molar-refractivity contribution in [3.8, 4) is 0 Å². The van der Waals surface area contributed by atoms with E-state index in [-0.39, 0.29) is 30.0 Å². The summed E-state index contributed by atoms with van der Waals surface area (Å²) in [4.78, 5) is 13.0. The molecule has 5 nitrogen and oxygen atoms in total. The summed E-state index contributed by atoms with van der Waals surface area (Å²) in [5, 5.41) is 2.92. The highest BCUT2D eigenvalue weighted by molar-refractivity contribution is 7.91. The van der Waals surface area contributed by atoms with E-state index < -0.39 is 9.84 Å². The highest BCUT2D eigenvalue weighted by Crippen LogP contribution is 1.94. The Balaban J connectivity index is 4.00. The third-order valence-corrected chi connectivity index (χ3v) is 4.33. The van der Waals surface area contributed by atoms with Gasteiger partial charge in [0, 0.05) is 25.4 Å². The molecule has 0 aromatic carbocycles. The van der Waals surface area contributed by atoms with Crippen LogP contribution in [0.2, 0.25) is 0 Å². The SMILES string of the molecule is CCN(C)C(=O)CNC(C)CS(=O)(=O)CC. The van der Waals surface area contributed by atoms with E-state index in [2.05, 4.69) is 5.32 Å². The summed E-state index contributed by atoms with van der Waals surface area (Å²) in [5.74, 6) is 0.192. The smallest absolute Gasteiger partial charge is 0.236 e. The molecular formula is C10H22N2O3S. The summed E-state index contributed by atoms with van der Waals surface area (Å²) in [6.07, 6.45) is 0. The monoisotopic (exact) mass is 250 g/mol. The Hall–Kier alpha value is -0.620. The molecule has 1 unspecified atom stereocenters. The average Bonchev–Trinajstić information content (AvgIpc) is 2.24. The number of carbonyl (C=O) groups excluding carboxylic acids is 1. The second kappa shape index (κ2) is 6.85. The van der Waals surface area contributed by atoms with Crippen LogP contribution in [0.25, 0.3) is 0 Å². The van der Waals surface area contributed by atoms with E-state index in [0.29, 0.717) is 6.54 Å². The van der Waals surface area contributed by atoms with Gasteiger partial charge in [-0.2, -0.15) is 0 Å². The zero-order valence-electron chi connectivity index (χ0n) is 10.5. The molecule has 0 radical (unpaired) electrons. The van der Waals surface area contributed by atoms with Crippen LogP contribution in [0.3, 0.4) is 0 Å². The second-order valence-electron chi connectivity index (χ2n) is 3.89. The third-order valence-electron chi connectivity index (χ3n) is 2.45. The molecule has 16 heavy (non-hydrogen) atoms. The van der Waals surface area contributed by atoms with Gasteiger partial charge in [-0.05, 0) is 13.8 Å². The lowest BCUT2D eigenvalue weighted by Crippen LogP contribution is -2.41. The highest BCUT2D eigenvalue weighted by atomic mass is 32.2. The predicted octanol–water partition coefficient (Wildman–Crippen LogP) is -0.122. The molecule has 0 saturated carbocycles. The van der Waals surface area contributed by atoms with Crippen molar-refractivity contribution < 1.29 is 13.2 Å². The number of carbonyl (C=O) groups is 1. The maximum atomic E-state index is 11.4. The van der Waals surface area contributed by atoms with E-state index in [9.17, 15) is 13.2 Å². The Labute approximate surface area is 98.1 Å². The Morgan fingerprint density at radius 2 is 1.94 bits per heavy atom. The molecule has 0 aliphatic rings. The third kappa shape index (κ3) is 6.07. The van der Waals surface area contributed by atoms with Crippen molar-refractivity contribution in [3.05, 3.63) is 0 Å². The summed E-state index contributed by atoms with van der Waals surface area (Å²) in [7, 11) is -1.26. The lowest BCUT2D eigenvalue weighted by Gasteiger charge is -2.17. The molecule has 1 atom stereocenters. The van der Waals surface area contributed by atoms with Gasteiger partial charge >= 0.3 is 0 Å². The van der Waals surface area contributed by atoms with Crippen LogP contribution in [-0.2, 0) is 14.6 Å². The number of amides is 1. The van der Waals surface area contributed by atoms with Crippen molar-refractivity contribution in [2.45, 2.75) is 26.8 Å². The van der Waals surface area contributed by atoms with Crippen molar-refractivity contribution in [2.75, 3.05) is 31.6 Å². The molecule has 0 aromatic heterocycles. The normalized spacial score (nSPS) is 13.5.